The molecule has 0 atom stereocenters. The predicted molar refractivity (Wildman–Crippen MR) is 50.7 cm³/mol. The van der Waals surface area contributed by atoms with Crippen LogP contribution in [0.15, 0.2) is 24.3 Å². The van der Waals surface area contributed by atoms with Crippen LogP contribution in [-0.2, 0) is 3.79 Å². The fourth-order valence-electron chi connectivity index (χ4n) is 0.665. The van der Waals surface area contributed by atoms with Crippen LogP contribution in [0.3, 0.4) is 0 Å². The van der Waals surface area contributed by atoms with Crippen molar-refractivity contribution in [1.82, 2.24) is 0 Å². The van der Waals surface area contributed by atoms with E-state index in [1.54, 1.807) is 24.3 Å². The second-order valence-electron chi connectivity index (χ2n) is 2.01. The molecular formula is C7H4Cl4. The van der Waals surface area contributed by atoms with Crippen LogP contribution >= 0.6 is 46.4 Å². The smallest absolute Gasteiger partial charge is 0.0843 e. The third-order valence-corrected chi connectivity index (χ3v) is 2.04. The summed E-state index contributed by atoms with van der Waals surface area (Å²) in [7, 11) is 0. The second-order valence-corrected chi connectivity index (χ2v) is 4.73. The zero-order valence-electron chi connectivity index (χ0n) is 5.32. The predicted octanol–water partition coefficient (Wildman–Crippen LogP) is 4.17. The minimum Gasteiger partial charge on any atom is -0.0843 e. The normalized spacial score (nSPS) is 11.6. The third kappa shape index (κ3) is 2.72. The molecule has 0 fully saturated rings. The summed E-state index contributed by atoms with van der Waals surface area (Å²) in [6, 6.07) is 6.79. The first kappa shape index (κ1) is 9.47. The largest absolute Gasteiger partial charge is 0.216 e. The molecule has 0 aliphatic heterocycles. The molecule has 0 aliphatic carbocycles. The van der Waals surface area contributed by atoms with Gasteiger partial charge in [0.05, 0.1) is 0 Å². The first-order valence-electron chi connectivity index (χ1n) is 2.83. The van der Waals surface area contributed by atoms with Gasteiger partial charge in [-0.15, -0.1) is 0 Å². The van der Waals surface area contributed by atoms with Gasteiger partial charge in [-0.3, -0.25) is 0 Å². The highest BCUT2D eigenvalue weighted by Gasteiger charge is 2.22. The lowest BCUT2D eigenvalue weighted by molar-refractivity contribution is 1.24. The Bertz CT molecular complexity index is 251. The molecule has 1 rings (SSSR count). The minimum atomic E-state index is -1.38. The molecule has 11 heavy (non-hydrogen) atoms. The molecule has 0 aliphatic rings. The van der Waals surface area contributed by atoms with Crippen LogP contribution in [-0.4, -0.2) is 0 Å². The SMILES string of the molecule is Clc1cccc(C(Cl)(Cl)Cl)c1. The van der Waals surface area contributed by atoms with E-state index in [4.69, 9.17) is 46.4 Å². The van der Waals surface area contributed by atoms with Gasteiger partial charge in [-0.25, -0.2) is 0 Å². The molecule has 1 aromatic rings. The Kier molecular flexibility index (Phi) is 2.93. The highest BCUT2D eigenvalue weighted by Crippen LogP contribution is 2.38. The van der Waals surface area contributed by atoms with E-state index >= 15 is 0 Å². The van der Waals surface area contributed by atoms with Crippen molar-refractivity contribution in [3.05, 3.63) is 34.9 Å². The van der Waals surface area contributed by atoms with Crippen LogP contribution in [0.1, 0.15) is 5.56 Å². The molecule has 0 spiro atoms. The van der Waals surface area contributed by atoms with Crippen LogP contribution in [0, 0.1) is 0 Å². The summed E-state index contributed by atoms with van der Waals surface area (Å²) < 4.78 is -1.38. The second kappa shape index (κ2) is 3.40. The quantitative estimate of drug-likeness (QED) is 0.586. The van der Waals surface area contributed by atoms with Gasteiger partial charge in [0.25, 0.3) is 0 Å². The van der Waals surface area contributed by atoms with E-state index in [0.29, 0.717) is 10.6 Å². The standard InChI is InChI=1S/C7H4Cl4/c8-6-3-1-2-5(4-6)7(9,10)11/h1-4H. The number of hydrogen-bond acceptors (Lipinski definition) is 0. The van der Waals surface area contributed by atoms with E-state index in [0.717, 1.165) is 0 Å². The summed E-state index contributed by atoms with van der Waals surface area (Å²) in [5, 5.41) is 0.564. The summed E-state index contributed by atoms with van der Waals surface area (Å²) in [4.78, 5) is 0. The average molecular weight is 230 g/mol. The van der Waals surface area contributed by atoms with Gasteiger partial charge in [-0.2, -0.15) is 0 Å². The molecule has 0 aromatic heterocycles. The lowest BCUT2D eigenvalue weighted by Crippen LogP contribution is -1.98. The molecule has 0 N–H and O–H groups in total. The molecule has 4 heteroatoms. The molecular weight excluding hydrogens is 226 g/mol. The zero-order valence-corrected chi connectivity index (χ0v) is 8.34. The number of hydrogen-bond donors (Lipinski definition) is 0. The maximum atomic E-state index is 5.67. The van der Waals surface area contributed by atoms with E-state index in [2.05, 4.69) is 0 Å². The van der Waals surface area contributed by atoms with Gasteiger partial charge in [-0.05, 0) is 12.1 Å². The van der Waals surface area contributed by atoms with Crippen LogP contribution in [0.4, 0.5) is 0 Å². The number of alkyl halides is 3. The number of benzene rings is 1. The van der Waals surface area contributed by atoms with Crippen molar-refractivity contribution in [2.24, 2.45) is 0 Å². The van der Waals surface area contributed by atoms with Crippen molar-refractivity contribution in [2.75, 3.05) is 0 Å². The molecule has 0 amide bonds. The van der Waals surface area contributed by atoms with E-state index in [9.17, 15) is 0 Å². The Morgan fingerprint density at radius 2 is 1.73 bits per heavy atom. The molecule has 0 heterocycles. The van der Waals surface area contributed by atoms with Gasteiger partial charge in [0.2, 0.25) is 3.79 Å². The number of halogens is 4. The molecule has 0 nitrogen and oxygen atoms in total. The minimum absolute atomic E-state index is 0.564. The third-order valence-electron chi connectivity index (χ3n) is 1.15. The summed E-state index contributed by atoms with van der Waals surface area (Å²) in [5.41, 5.74) is 0.579. The summed E-state index contributed by atoms with van der Waals surface area (Å²) in [6.07, 6.45) is 0. The Balaban J connectivity index is 3.06. The van der Waals surface area contributed by atoms with Crippen molar-refractivity contribution in [2.45, 2.75) is 3.79 Å². The Hall–Kier alpha value is 0.380. The van der Waals surface area contributed by atoms with Gasteiger partial charge in [0, 0.05) is 10.6 Å². The number of rotatable bonds is 0. The maximum Gasteiger partial charge on any atom is 0.216 e. The summed E-state index contributed by atoms with van der Waals surface area (Å²) >= 11 is 22.5. The first-order valence-corrected chi connectivity index (χ1v) is 4.34. The highest BCUT2D eigenvalue weighted by molar-refractivity contribution is 6.66. The van der Waals surface area contributed by atoms with Crippen molar-refractivity contribution in [3.63, 3.8) is 0 Å². The van der Waals surface area contributed by atoms with E-state index in [1.807, 2.05) is 0 Å². The van der Waals surface area contributed by atoms with Gasteiger partial charge >= 0.3 is 0 Å². The molecule has 0 radical (unpaired) electrons. The van der Waals surface area contributed by atoms with Gasteiger partial charge < -0.3 is 0 Å². The molecule has 60 valence electrons. The fraction of sp³-hybridized carbons (Fsp3) is 0.143. The van der Waals surface area contributed by atoms with Crippen molar-refractivity contribution >= 4 is 46.4 Å². The van der Waals surface area contributed by atoms with Gasteiger partial charge in [0.15, 0.2) is 0 Å². The maximum absolute atomic E-state index is 5.67. The van der Waals surface area contributed by atoms with E-state index in [1.165, 1.54) is 0 Å². The van der Waals surface area contributed by atoms with E-state index < -0.39 is 3.79 Å². The molecule has 0 bridgehead atoms. The zero-order chi connectivity index (χ0) is 8.48. The van der Waals surface area contributed by atoms with Crippen molar-refractivity contribution in [1.29, 1.82) is 0 Å². The monoisotopic (exact) mass is 228 g/mol. The van der Waals surface area contributed by atoms with Crippen LogP contribution in [0.2, 0.25) is 5.02 Å². The van der Waals surface area contributed by atoms with Crippen LogP contribution in [0.5, 0.6) is 0 Å². The van der Waals surface area contributed by atoms with Crippen molar-refractivity contribution < 1.29 is 0 Å². The summed E-state index contributed by atoms with van der Waals surface area (Å²) in [5.74, 6) is 0. The average Bonchev–Trinajstić information content (AvgIpc) is 1.86. The lowest BCUT2D eigenvalue weighted by Gasteiger charge is -2.10. The molecule has 0 saturated heterocycles. The van der Waals surface area contributed by atoms with Crippen LogP contribution in [0.25, 0.3) is 0 Å². The van der Waals surface area contributed by atoms with Gasteiger partial charge in [-0.1, -0.05) is 58.5 Å². The molecule has 1 aromatic carbocycles. The first-order chi connectivity index (χ1) is 5.00. The Morgan fingerprint density at radius 1 is 1.09 bits per heavy atom. The lowest BCUT2D eigenvalue weighted by atomic mass is 10.2. The Morgan fingerprint density at radius 3 is 2.09 bits per heavy atom. The van der Waals surface area contributed by atoms with Crippen molar-refractivity contribution in [3.8, 4) is 0 Å². The fourth-order valence-corrected chi connectivity index (χ4v) is 1.21. The molecule has 0 unspecified atom stereocenters. The molecule has 0 saturated carbocycles. The topological polar surface area (TPSA) is 0 Å². The summed E-state index contributed by atoms with van der Waals surface area (Å²) in [6.45, 7) is 0. The Labute approximate surface area is 85.0 Å². The van der Waals surface area contributed by atoms with E-state index in [-0.39, 0.29) is 0 Å². The highest BCUT2D eigenvalue weighted by atomic mass is 35.6. The van der Waals surface area contributed by atoms with Gasteiger partial charge in [0.1, 0.15) is 0 Å². The van der Waals surface area contributed by atoms with Crippen LogP contribution < -0.4 is 0 Å².